The van der Waals surface area contributed by atoms with E-state index in [2.05, 4.69) is 19.2 Å². The van der Waals surface area contributed by atoms with Gasteiger partial charge in [0.25, 0.3) is 0 Å². The number of carbonyl (C=O) groups is 2. The van der Waals surface area contributed by atoms with Crippen LogP contribution in [-0.2, 0) is 9.59 Å². The minimum absolute atomic E-state index is 0.0743. The van der Waals surface area contributed by atoms with Gasteiger partial charge in [0.05, 0.1) is 0 Å². The lowest BCUT2D eigenvalue weighted by Crippen LogP contribution is -2.72. The molecular formula is C17H28N2O2. The summed E-state index contributed by atoms with van der Waals surface area (Å²) in [6.45, 7) is 6.14. The van der Waals surface area contributed by atoms with Crippen LogP contribution in [0.15, 0.2) is 0 Å². The molecule has 0 radical (unpaired) electrons. The fourth-order valence-corrected chi connectivity index (χ4v) is 4.17. The number of nitrogens with one attached hydrogen (secondary N) is 1. The predicted octanol–water partition coefficient (Wildman–Crippen LogP) is 2.47. The number of hydrogen-bond donors (Lipinski definition) is 1. The molecule has 3 fully saturated rings. The number of nitrogens with zero attached hydrogens (tertiary/aromatic N) is 1. The van der Waals surface area contributed by atoms with E-state index in [0.29, 0.717) is 5.92 Å². The van der Waals surface area contributed by atoms with Gasteiger partial charge < -0.3 is 10.2 Å². The molecule has 21 heavy (non-hydrogen) atoms. The van der Waals surface area contributed by atoms with Crippen molar-refractivity contribution in [3.05, 3.63) is 0 Å². The van der Waals surface area contributed by atoms with E-state index in [4.69, 9.17) is 0 Å². The molecule has 0 bridgehead atoms. The molecule has 0 aromatic heterocycles. The zero-order valence-electron chi connectivity index (χ0n) is 13.5. The second-order valence-electron chi connectivity index (χ2n) is 7.45. The minimum atomic E-state index is -0.649. The molecule has 3 unspecified atom stereocenters. The third-order valence-electron chi connectivity index (χ3n) is 5.92. The van der Waals surface area contributed by atoms with Gasteiger partial charge in [0.2, 0.25) is 11.8 Å². The van der Waals surface area contributed by atoms with E-state index in [9.17, 15) is 9.59 Å². The Morgan fingerprint density at radius 2 is 1.86 bits per heavy atom. The van der Waals surface area contributed by atoms with Crippen LogP contribution in [0.4, 0.5) is 0 Å². The lowest BCUT2D eigenvalue weighted by molar-refractivity contribution is -0.160. The van der Waals surface area contributed by atoms with Gasteiger partial charge in [0.1, 0.15) is 11.6 Å². The predicted molar refractivity (Wildman–Crippen MR) is 81.6 cm³/mol. The molecule has 4 heteroatoms. The van der Waals surface area contributed by atoms with Gasteiger partial charge in [-0.1, -0.05) is 33.1 Å². The van der Waals surface area contributed by atoms with Crippen molar-refractivity contribution >= 4 is 11.8 Å². The van der Waals surface area contributed by atoms with Crippen LogP contribution in [0.25, 0.3) is 0 Å². The molecule has 1 aliphatic heterocycles. The third-order valence-corrected chi connectivity index (χ3v) is 5.92. The van der Waals surface area contributed by atoms with E-state index >= 15 is 0 Å². The number of amides is 2. The maximum absolute atomic E-state index is 13.2. The molecule has 3 aliphatic rings. The first-order chi connectivity index (χ1) is 9.99. The van der Waals surface area contributed by atoms with Gasteiger partial charge >= 0.3 is 0 Å². The van der Waals surface area contributed by atoms with Crippen molar-refractivity contribution in [2.45, 2.75) is 83.3 Å². The Labute approximate surface area is 127 Å². The summed E-state index contributed by atoms with van der Waals surface area (Å²) in [7, 11) is 0. The van der Waals surface area contributed by atoms with Crippen LogP contribution in [0.5, 0.6) is 0 Å². The number of rotatable bonds is 4. The fraction of sp³-hybridized carbons (Fsp3) is 0.882. The lowest BCUT2D eigenvalue weighted by atomic mass is 9.84. The molecule has 4 nitrogen and oxygen atoms in total. The largest absolute Gasteiger partial charge is 0.340 e. The molecular weight excluding hydrogens is 264 g/mol. The summed E-state index contributed by atoms with van der Waals surface area (Å²) in [5.74, 6) is 0.820. The summed E-state index contributed by atoms with van der Waals surface area (Å²) in [5, 5.41) is 3.09. The van der Waals surface area contributed by atoms with Crippen LogP contribution >= 0.6 is 0 Å². The Morgan fingerprint density at radius 1 is 1.24 bits per heavy atom. The minimum Gasteiger partial charge on any atom is -0.340 e. The monoisotopic (exact) mass is 292 g/mol. The number of piperazine rings is 1. The van der Waals surface area contributed by atoms with E-state index in [1.807, 2.05) is 11.8 Å². The summed E-state index contributed by atoms with van der Waals surface area (Å²) in [6, 6.07) is 0.0121. The highest BCUT2D eigenvalue weighted by Gasteiger charge is 2.57. The number of hydrogen-bond acceptors (Lipinski definition) is 2. The molecule has 3 atom stereocenters. The summed E-state index contributed by atoms with van der Waals surface area (Å²) in [5.41, 5.74) is -0.649. The van der Waals surface area contributed by atoms with Crippen molar-refractivity contribution in [3.8, 4) is 0 Å². The molecule has 0 aromatic rings. The average Bonchev–Trinajstić information content (AvgIpc) is 3.19. The van der Waals surface area contributed by atoms with Crippen molar-refractivity contribution in [1.29, 1.82) is 0 Å². The highest BCUT2D eigenvalue weighted by Crippen LogP contribution is 2.44. The van der Waals surface area contributed by atoms with E-state index in [-0.39, 0.29) is 29.8 Å². The van der Waals surface area contributed by atoms with Gasteiger partial charge in [-0.2, -0.15) is 0 Å². The molecule has 0 spiro atoms. The van der Waals surface area contributed by atoms with E-state index in [0.717, 1.165) is 32.1 Å². The van der Waals surface area contributed by atoms with Gasteiger partial charge in [-0.3, -0.25) is 9.59 Å². The third kappa shape index (κ3) is 2.36. The maximum Gasteiger partial charge on any atom is 0.249 e. The second kappa shape index (κ2) is 5.29. The molecule has 2 saturated carbocycles. The molecule has 3 rings (SSSR count). The Morgan fingerprint density at radius 3 is 2.38 bits per heavy atom. The van der Waals surface area contributed by atoms with Crippen molar-refractivity contribution in [2.75, 3.05) is 0 Å². The van der Waals surface area contributed by atoms with Crippen LogP contribution in [0.2, 0.25) is 0 Å². The summed E-state index contributed by atoms with van der Waals surface area (Å²) < 4.78 is 0. The molecule has 2 amide bonds. The molecule has 118 valence electrons. The highest BCUT2D eigenvalue weighted by molar-refractivity contribution is 6.00. The molecule has 1 heterocycles. The van der Waals surface area contributed by atoms with Crippen LogP contribution in [0, 0.1) is 11.8 Å². The van der Waals surface area contributed by atoms with Crippen molar-refractivity contribution in [1.82, 2.24) is 10.2 Å². The van der Waals surface area contributed by atoms with Gasteiger partial charge in [-0.25, -0.2) is 0 Å². The first-order valence-electron chi connectivity index (χ1n) is 8.63. The highest BCUT2D eigenvalue weighted by atomic mass is 16.2. The summed E-state index contributed by atoms with van der Waals surface area (Å²) in [4.78, 5) is 28.0. The van der Waals surface area contributed by atoms with E-state index in [1.54, 1.807) is 0 Å². The quantitative estimate of drug-likeness (QED) is 0.865. The SMILES string of the molecule is CCC(C)C1C(=O)NC(C)(C2CC2)C(=O)N1C1CCCC1. The van der Waals surface area contributed by atoms with Crippen LogP contribution < -0.4 is 5.32 Å². The smallest absolute Gasteiger partial charge is 0.249 e. The molecule has 0 aromatic carbocycles. The Kier molecular flexibility index (Phi) is 3.74. The van der Waals surface area contributed by atoms with E-state index < -0.39 is 5.54 Å². The zero-order chi connectivity index (χ0) is 15.2. The van der Waals surface area contributed by atoms with Crippen molar-refractivity contribution < 1.29 is 9.59 Å². The maximum atomic E-state index is 13.2. The van der Waals surface area contributed by atoms with Gasteiger partial charge in [0.15, 0.2) is 0 Å². The Hall–Kier alpha value is -1.06. The Bertz CT molecular complexity index is 440. The average molecular weight is 292 g/mol. The zero-order valence-corrected chi connectivity index (χ0v) is 13.5. The fourth-order valence-electron chi connectivity index (χ4n) is 4.17. The van der Waals surface area contributed by atoms with Gasteiger partial charge in [0, 0.05) is 6.04 Å². The lowest BCUT2D eigenvalue weighted by Gasteiger charge is -2.49. The van der Waals surface area contributed by atoms with Crippen LogP contribution in [0.3, 0.4) is 0 Å². The summed E-state index contributed by atoms with van der Waals surface area (Å²) >= 11 is 0. The van der Waals surface area contributed by atoms with Gasteiger partial charge in [-0.05, 0) is 44.4 Å². The van der Waals surface area contributed by atoms with Gasteiger partial charge in [-0.15, -0.1) is 0 Å². The number of carbonyl (C=O) groups excluding carboxylic acids is 2. The normalized spacial score (nSPS) is 36.0. The van der Waals surface area contributed by atoms with E-state index in [1.165, 1.54) is 12.8 Å². The second-order valence-corrected chi connectivity index (χ2v) is 7.45. The van der Waals surface area contributed by atoms with Crippen LogP contribution in [-0.4, -0.2) is 34.3 Å². The first kappa shape index (κ1) is 14.9. The molecule has 1 saturated heterocycles. The first-order valence-corrected chi connectivity index (χ1v) is 8.63. The Balaban J connectivity index is 1.93. The van der Waals surface area contributed by atoms with Crippen molar-refractivity contribution in [2.24, 2.45) is 11.8 Å². The van der Waals surface area contributed by atoms with Crippen molar-refractivity contribution in [3.63, 3.8) is 0 Å². The van der Waals surface area contributed by atoms with Crippen LogP contribution in [0.1, 0.15) is 65.7 Å². The topological polar surface area (TPSA) is 49.4 Å². The summed E-state index contributed by atoms with van der Waals surface area (Å²) in [6.07, 6.45) is 7.55. The standard InChI is InChI=1S/C17H28N2O2/c1-4-11(2)14-15(20)18-17(3,12-9-10-12)16(21)19(14)13-7-5-6-8-13/h11-14H,4-10H2,1-3H3,(H,18,20). The molecule has 1 N–H and O–H groups in total. The molecule has 2 aliphatic carbocycles.